The van der Waals surface area contributed by atoms with Crippen molar-refractivity contribution in [3.63, 3.8) is 0 Å². The molecule has 1 aliphatic heterocycles. The predicted octanol–water partition coefficient (Wildman–Crippen LogP) is 3.97. The van der Waals surface area contributed by atoms with E-state index in [2.05, 4.69) is 17.5 Å². The zero-order chi connectivity index (χ0) is 18.7. The molecule has 3 aliphatic rings. The molecule has 5 rings (SSSR count). The summed E-state index contributed by atoms with van der Waals surface area (Å²) in [7, 11) is 0. The Kier molecular flexibility index (Phi) is 3.74. The second kappa shape index (κ2) is 6.04. The van der Waals surface area contributed by atoms with Gasteiger partial charge in [-0.15, -0.1) is 11.3 Å². The van der Waals surface area contributed by atoms with Crippen LogP contribution in [0.25, 0.3) is 0 Å². The quantitative estimate of drug-likeness (QED) is 0.628. The van der Waals surface area contributed by atoms with E-state index < -0.39 is 0 Å². The maximum atomic E-state index is 12.9. The third-order valence-electron chi connectivity index (χ3n) is 5.67. The van der Waals surface area contributed by atoms with E-state index in [1.54, 1.807) is 30.3 Å². The lowest BCUT2D eigenvalue weighted by molar-refractivity contribution is -0.123. The third-order valence-corrected chi connectivity index (χ3v) is 6.86. The van der Waals surface area contributed by atoms with Gasteiger partial charge < -0.3 is 5.32 Å². The topological polar surface area (TPSA) is 66.5 Å². The Morgan fingerprint density at radius 3 is 2.41 bits per heavy atom. The number of imide groups is 1. The highest BCUT2D eigenvalue weighted by Gasteiger charge is 2.59. The molecule has 2 aromatic rings. The SMILES string of the molecule is O=C(Nc1ccc(N2C(=O)[C@@H]3[C@H](C2=O)[C@H]2C=C[C@@H]3C2)cc1Cl)c1cccs1. The highest BCUT2D eigenvalue weighted by molar-refractivity contribution is 7.12. The van der Waals surface area contributed by atoms with Crippen LogP contribution in [0.3, 0.4) is 0 Å². The van der Waals surface area contributed by atoms with E-state index >= 15 is 0 Å². The minimum absolute atomic E-state index is 0.145. The Labute approximate surface area is 164 Å². The number of rotatable bonds is 3. The normalized spacial score (nSPS) is 28.1. The van der Waals surface area contributed by atoms with Crippen LogP contribution < -0.4 is 10.2 Å². The highest BCUT2D eigenvalue weighted by Crippen LogP contribution is 2.53. The standard InChI is InChI=1S/C20H15ClN2O3S/c21-13-9-12(5-6-14(13)22-18(24)15-2-1-7-27-15)23-19(25)16-10-3-4-11(8-10)17(16)20(23)26/h1-7,9-11,16-17H,8H2,(H,22,24)/t10-,11+,16+,17-. The molecule has 5 nitrogen and oxygen atoms in total. The number of nitrogens with zero attached hydrogens (tertiary/aromatic N) is 1. The molecule has 0 radical (unpaired) electrons. The van der Waals surface area contributed by atoms with E-state index in [4.69, 9.17) is 11.6 Å². The fraction of sp³-hybridized carbons (Fsp3) is 0.250. The molecule has 4 atom stereocenters. The average molecular weight is 399 g/mol. The number of thiophene rings is 1. The molecule has 2 bridgehead atoms. The first-order valence-electron chi connectivity index (χ1n) is 8.75. The molecule has 1 saturated carbocycles. The summed E-state index contributed by atoms with van der Waals surface area (Å²) in [5, 5.41) is 4.87. The van der Waals surface area contributed by atoms with Gasteiger partial charge in [-0.1, -0.05) is 29.8 Å². The van der Waals surface area contributed by atoms with Crippen LogP contribution in [0.5, 0.6) is 0 Å². The van der Waals surface area contributed by atoms with Crippen molar-refractivity contribution in [1.29, 1.82) is 0 Å². The summed E-state index contributed by atoms with van der Waals surface area (Å²) >= 11 is 7.66. The van der Waals surface area contributed by atoms with E-state index in [9.17, 15) is 14.4 Å². The fourth-order valence-corrected chi connectivity index (χ4v) is 5.33. The lowest BCUT2D eigenvalue weighted by Crippen LogP contribution is -2.32. The number of hydrogen-bond donors (Lipinski definition) is 1. The number of amides is 3. The minimum atomic E-state index is -0.246. The Hall–Kier alpha value is -2.44. The van der Waals surface area contributed by atoms with Gasteiger partial charge >= 0.3 is 0 Å². The second-order valence-corrected chi connectivity index (χ2v) is 8.46. The summed E-state index contributed by atoms with van der Waals surface area (Å²) in [5.41, 5.74) is 0.901. The van der Waals surface area contributed by atoms with Crippen LogP contribution in [-0.4, -0.2) is 17.7 Å². The summed E-state index contributed by atoms with van der Waals surface area (Å²) in [5.74, 6) is -0.691. The van der Waals surface area contributed by atoms with Crippen LogP contribution in [0.1, 0.15) is 16.1 Å². The van der Waals surface area contributed by atoms with Gasteiger partial charge in [0.2, 0.25) is 11.8 Å². The number of nitrogens with one attached hydrogen (secondary N) is 1. The van der Waals surface area contributed by atoms with Crippen molar-refractivity contribution in [1.82, 2.24) is 0 Å². The molecule has 2 fully saturated rings. The molecule has 1 saturated heterocycles. The maximum absolute atomic E-state index is 12.9. The Bertz CT molecular complexity index is 971. The van der Waals surface area contributed by atoms with Crippen LogP contribution >= 0.6 is 22.9 Å². The maximum Gasteiger partial charge on any atom is 0.265 e. The predicted molar refractivity (Wildman–Crippen MR) is 104 cm³/mol. The van der Waals surface area contributed by atoms with E-state index in [0.29, 0.717) is 16.3 Å². The number of allylic oxidation sites excluding steroid dienone is 2. The van der Waals surface area contributed by atoms with Crippen molar-refractivity contribution in [2.75, 3.05) is 10.2 Å². The molecule has 0 spiro atoms. The first kappa shape index (κ1) is 16.7. The largest absolute Gasteiger partial charge is 0.320 e. The number of anilines is 2. The van der Waals surface area contributed by atoms with Crippen molar-refractivity contribution in [2.45, 2.75) is 6.42 Å². The molecule has 136 valence electrons. The van der Waals surface area contributed by atoms with Gasteiger partial charge in [0.05, 0.1) is 33.1 Å². The zero-order valence-corrected chi connectivity index (χ0v) is 15.7. The third kappa shape index (κ3) is 2.47. The van der Waals surface area contributed by atoms with Crippen molar-refractivity contribution in [2.24, 2.45) is 23.7 Å². The number of fused-ring (bicyclic) bond motifs is 5. The zero-order valence-electron chi connectivity index (χ0n) is 14.1. The smallest absolute Gasteiger partial charge is 0.265 e. The summed E-state index contributed by atoms with van der Waals surface area (Å²) in [6.45, 7) is 0. The Morgan fingerprint density at radius 2 is 1.81 bits per heavy atom. The molecule has 2 aliphatic carbocycles. The van der Waals surface area contributed by atoms with Gasteiger partial charge in [0.15, 0.2) is 0 Å². The monoisotopic (exact) mass is 398 g/mol. The van der Waals surface area contributed by atoms with Gasteiger partial charge in [-0.3, -0.25) is 14.4 Å². The molecule has 0 unspecified atom stereocenters. The van der Waals surface area contributed by atoms with Crippen molar-refractivity contribution in [3.05, 3.63) is 57.8 Å². The van der Waals surface area contributed by atoms with Crippen molar-refractivity contribution >= 4 is 52.0 Å². The van der Waals surface area contributed by atoms with Crippen LogP contribution in [-0.2, 0) is 9.59 Å². The van der Waals surface area contributed by atoms with Gasteiger partial charge in [0, 0.05) is 0 Å². The van der Waals surface area contributed by atoms with E-state index in [0.717, 1.165) is 6.42 Å². The van der Waals surface area contributed by atoms with Crippen molar-refractivity contribution < 1.29 is 14.4 Å². The van der Waals surface area contributed by atoms with Gasteiger partial charge in [-0.25, -0.2) is 4.90 Å². The van der Waals surface area contributed by atoms with E-state index in [1.807, 2.05) is 5.38 Å². The first-order valence-corrected chi connectivity index (χ1v) is 10.0. The van der Waals surface area contributed by atoms with E-state index in [-0.39, 0.29) is 46.4 Å². The van der Waals surface area contributed by atoms with Crippen LogP contribution in [0.2, 0.25) is 5.02 Å². The summed E-state index contributed by atoms with van der Waals surface area (Å²) in [4.78, 5) is 39.8. The molecule has 7 heteroatoms. The molecule has 1 aromatic carbocycles. The summed E-state index contributed by atoms with van der Waals surface area (Å²) in [6, 6.07) is 8.38. The lowest BCUT2D eigenvalue weighted by Gasteiger charge is -2.18. The van der Waals surface area contributed by atoms with Gasteiger partial charge in [-0.05, 0) is 47.9 Å². The highest BCUT2D eigenvalue weighted by atomic mass is 35.5. The summed E-state index contributed by atoms with van der Waals surface area (Å²) in [6.07, 6.45) is 5.03. The number of carbonyl (C=O) groups excluding carboxylic acids is 3. The Morgan fingerprint density at radius 1 is 1.11 bits per heavy atom. The molecular formula is C20H15ClN2O3S. The van der Waals surface area contributed by atoms with E-state index in [1.165, 1.54) is 16.2 Å². The molecule has 2 heterocycles. The van der Waals surface area contributed by atoms with Crippen LogP contribution in [0.15, 0.2) is 47.9 Å². The van der Waals surface area contributed by atoms with Gasteiger partial charge in [0.25, 0.3) is 5.91 Å². The van der Waals surface area contributed by atoms with Crippen molar-refractivity contribution in [3.8, 4) is 0 Å². The summed E-state index contributed by atoms with van der Waals surface area (Å²) < 4.78 is 0. The molecule has 1 aromatic heterocycles. The van der Waals surface area contributed by atoms with Gasteiger partial charge in [-0.2, -0.15) is 0 Å². The lowest BCUT2D eigenvalue weighted by atomic mass is 9.85. The minimum Gasteiger partial charge on any atom is -0.320 e. The molecule has 3 amide bonds. The second-order valence-electron chi connectivity index (χ2n) is 7.11. The molecule has 27 heavy (non-hydrogen) atoms. The van der Waals surface area contributed by atoms with Gasteiger partial charge in [0.1, 0.15) is 0 Å². The number of carbonyl (C=O) groups is 3. The molecular weight excluding hydrogens is 384 g/mol. The van der Waals surface area contributed by atoms with Crippen LogP contribution in [0.4, 0.5) is 11.4 Å². The molecule has 1 N–H and O–H groups in total. The Balaban J connectivity index is 1.40. The number of hydrogen-bond acceptors (Lipinski definition) is 4. The fourth-order valence-electron chi connectivity index (χ4n) is 4.49. The number of halogens is 1. The van der Waals surface area contributed by atoms with Crippen LogP contribution in [0, 0.1) is 23.7 Å². The number of benzene rings is 1. The average Bonchev–Trinajstić information content (AvgIpc) is 3.42. The first-order chi connectivity index (χ1) is 13.0.